The van der Waals surface area contributed by atoms with Gasteiger partial charge in [0.15, 0.2) is 35.6 Å². The fourth-order valence-electron chi connectivity index (χ4n) is 4.26. The number of urea groups is 1. The first-order chi connectivity index (χ1) is 18.4. The lowest BCUT2D eigenvalue weighted by atomic mass is 10.1. The van der Waals surface area contributed by atoms with Gasteiger partial charge in [0, 0.05) is 6.54 Å². The third-order valence-electron chi connectivity index (χ3n) is 5.89. The van der Waals surface area contributed by atoms with Crippen molar-refractivity contribution in [2.45, 2.75) is 37.8 Å². The van der Waals surface area contributed by atoms with Crippen LogP contribution in [0.3, 0.4) is 0 Å². The van der Waals surface area contributed by atoms with Crippen LogP contribution in [0.5, 0.6) is 0 Å². The number of nitrogens with one attached hydrogen (secondary N) is 3. The standard InChI is InChI=1S/C24H25N7O7/c1-2-25-24(35)30-20-16-21(28-11-27-20)31(12-29-16)23-19-17(18(38-23)22(34)26-10-14(32)33)36-15(37-19)9-8-13-6-4-3-5-7-13/h3-9,11-12,15,17-19,23H,2,10H2,1H3,(H,26,34)(H,32,33)(H2,25,27,28,30,35)/t15-,17?,18?,19?,23?/m0/s1. The number of fused-ring (bicyclic) bond motifs is 2. The van der Waals surface area contributed by atoms with Crippen molar-refractivity contribution in [2.75, 3.05) is 18.4 Å². The van der Waals surface area contributed by atoms with Gasteiger partial charge in [-0.1, -0.05) is 36.4 Å². The number of rotatable bonds is 8. The van der Waals surface area contributed by atoms with Gasteiger partial charge in [0.2, 0.25) is 0 Å². The smallest absolute Gasteiger partial charge is 0.322 e. The molecule has 3 amide bonds. The maximum atomic E-state index is 12.8. The summed E-state index contributed by atoms with van der Waals surface area (Å²) in [6.45, 7) is 1.64. The molecule has 4 heterocycles. The first kappa shape index (κ1) is 25.3. The third-order valence-corrected chi connectivity index (χ3v) is 5.89. The number of nitrogens with zero attached hydrogens (tertiary/aromatic N) is 4. The Balaban J connectivity index is 1.43. The highest BCUT2D eigenvalue weighted by Gasteiger charge is 2.56. The molecule has 198 valence electrons. The van der Waals surface area contributed by atoms with Gasteiger partial charge < -0.3 is 30.0 Å². The molecule has 14 nitrogen and oxygen atoms in total. The number of carboxylic acids is 1. The Bertz CT molecular complexity index is 1360. The molecule has 5 atom stereocenters. The first-order valence-electron chi connectivity index (χ1n) is 11.9. The van der Waals surface area contributed by atoms with Gasteiger partial charge in [0.05, 0.1) is 6.33 Å². The van der Waals surface area contributed by atoms with Crippen LogP contribution in [0, 0.1) is 0 Å². The van der Waals surface area contributed by atoms with Crippen LogP contribution in [0.25, 0.3) is 17.2 Å². The number of hydrogen-bond donors (Lipinski definition) is 4. The number of carbonyl (C=O) groups excluding carboxylic acids is 2. The van der Waals surface area contributed by atoms with E-state index in [1.54, 1.807) is 17.6 Å². The van der Waals surface area contributed by atoms with E-state index in [-0.39, 0.29) is 5.82 Å². The zero-order valence-electron chi connectivity index (χ0n) is 20.2. The first-order valence-corrected chi connectivity index (χ1v) is 11.9. The van der Waals surface area contributed by atoms with Gasteiger partial charge in [-0.15, -0.1) is 0 Å². The second-order valence-corrected chi connectivity index (χ2v) is 8.43. The zero-order chi connectivity index (χ0) is 26.6. The van der Waals surface area contributed by atoms with Crippen LogP contribution in [0.2, 0.25) is 0 Å². The van der Waals surface area contributed by atoms with Gasteiger partial charge in [0.25, 0.3) is 5.91 Å². The van der Waals surface area contributed by atoms with Crippen LogP contribution in [0.1, 0.15) is 18.7 Å². The highest BCUT2D eigenvalue weighted by atomic mass is 16.8. The van der Waals surface area contributed by atoms with Gasteiger partial charge in [-0.2, -0.15) is 0 Å². The molecule has 2 aliphatic rings. The maximum absolute atomic E-state index is 12.8. The van der Waals surface area contributed by atoms with Crippen LogP contribution in [-0.2, 0) is 23.8 Å². The van der Waals surface area contributed by atoms with Crippen molar-refractivity contribution in [3.05, 3.63) is 54.6 Å². The minimum atomic E-state index is -1.19. The van der Waals surface area contributed by atoms with Crippen molar-refractivity contribution in [3.63, 3.8) is 0 Å². The SMILES string of the molecule is CCNC(=O)Nc1ncnc2c1ncn2C1OC(C(=O)NCC(=O)O)C2O[C@H](C=Cc3ccccc3)OC21. The number of hydrogen-bond acceptors (Lipinski definition) is 9. The molecular weight excluding hydrogens is 498 g/mol. The second kappa shape index (κ2) is 10.9. The molecule has 0 spiro atoms. The van der Waals surface area contributed by atoms with Crippen LogP contribution in [0.15, 0.2) is 49.1 Å². The summed E-state index contributed by atoms with van der Waals surface area (Å²) in [4.78, 5) is 48.6. The van der Waals surface area contributed by atoms with Gasteiger partial charge in [-0.05, 0) is 18.6 Å². The van der Waals surface area contributed by atoms with E-state index >= 15 is 0 Å². The van der Waals surface area contributed by atoms with Gasteiger partial charge in [-0.25, -0.2) is 19.7 Å². The van der Waals surface area contributed by atoms with E-state index in [4.69, 9.17) is 19.3 Å². The number of carbonyl (C=O) groups is 3. The number of carboxylic acid groups (broad SMARTS) is 1. The molecule has 5 rings (SSSR count). The normalized spacial score (nSPS) is 24.4. The molecule has 4 N–H and O–H groups in total. The van der Waals surface area contributed by atoms with Crippen LogP contribution >= 0.6 is 0 Å². The summed E-state index contributed by atoms with van der Waals surface area (Å²) in [6, 6.07) is 9.10. The molecule has 2 saturated heterocycles. The van der Waals surface area contributed by atoms with Crippen molar-refractivity contribution >= 4 is 41.0 Å². The quantitative estimate of drug-likeness (QED) is 0.331. The molecule has 0 bridgehead atoms. The minimum absolute atomic E-state index is 0.192. The van der Waals surface area contributed by atoms with Crippen LogP contribution in [-0.4, -0.2) is 80.2 Å². The number of amides is 3. The number of anilines is 1. The molecular formula is C24H25N7O7. The molecule has 14 heteroatoms. The summed E-state index contributed by atoms with van der Waals surface area (Å²) < 4.78 is 19.7. The van der Waals surface area contributed by atoms with Gasteiger partial charge in [-0.3, -0.25) is 19.5 Å². The summed E-state index contributed by atoms with van der Waals surface area (Å²) in [5.74, 6) is -1.66. The molecule has 2 aliphatic heterocycles. The Morgan fingerprint density at radius 2 is 1.84 bits per heavy atom. The number of aromatic nitrogens is 4. The summed E-state index contributed by atoms with van der Waals surface area (Å²) in [5, 5.41) is 16.6. The predicted octanol–water partition coefficient (Wildman–Crippen LogP) is 0.889. The number of ether oxygens (including phenoxy) is 3. The molecule has 0 radical (unpaired) electrons. The average Bonchev–Trinajstić information content (AvgIpc) is 3.61. The lowest BCUT2D eigenvalue weighted by Crippen LogP contribution is -2.43. The van der Waals surface area contributed by atoms with E-state index in [1.165, 1.54) is 12.7 Å². The molecule has 0 saturated carbocycles. The van der Waals surface area contributed by atoms with Crippen molar-refractivity contribution in [2.24, 2.45) is 0 Å². The number of aliphatic carboxylic acids is 1. The van der Waals surface area contributed by atoms with E-state index in [9.17, 15) is 14.4 Å². The van der Waals surface area contributed by atoms with E-state index in [1.807, 2.05) is 36.4 Å². The average molecular weight is 524 g/mol. The van der Waals surface area contributed by atoms with E-state index in [0.29, 0.717) is 17.7 Å². The highest BCUT2D eigenvalue weighted by molar-refractivity contribution is 5.95. The maximum Gasteiger partial charge on any atom is 0.322 e. The van der Waals surface area contributed by atoms with Crippen LogP contribution < -0.4 is 16.0 Å². The van der Waals surface area contributed by atoms with E-state index < -0.39 is 55.3 Å². The fourth-order valence-corrected chi connectivity index (χ4v) is 4.26. The predicted molar refractivity (Wildman–Crippen MR) is 132 cm³/mol. The highest BCUT2D eigenvalue weighted by Crippen LogP contribution is 2.41. The second-order valence-electron chi connectivity index (χ2n) is 8.43. The summed E-state index contributed by atoms with van der Waals surface area (Å²) in [6.07, 6.45) is 1.82. The van der Waals surface area contributed by atoms with E-state index in [2.05, 4.69) is 30.9 Å². The molecule has 2 fully saturated rings. The molecule has 1 aromatic carbocycles. The Labute approximate surface area is 216 Å². The van der Waals surface area contributed by atoms with E-state index in [0.717, 1.165) is 5.56 Å². The Morgan fingerprint density at radius 1 is 1.05 bits per heavy atom. The summed E-state index contributed by atoms with van der Waals surface area (Å²) in [5.41, 5.74) is 1.57. The van der Waals surface area contributed by atoms with Crippen molar-refractivity contribution in [3.8, 4) is 0 Å². The molecule has 2 aromatic heterocycles. The Morgan fingerprint density at radius 3 is 2.61 bits per heavy atom. The fraction of sp³-hybridized carbons (Fsp3) is 0.333. The molecule has 0 aliphatic carbocycles. The molecule has 3 aromatic rings. The Hall–Kier alpha value is -4.40. The lowest BCUT2D eigenvalue weighted by Gasteiger charge is -2.20. The topological polar surface area (TPSA) is 179 Å². The molecule has 4 unspecified atom stereocenters. The summed E-state index contributed by atoms with van der Waals surface area (Å²) >= 11 is 0. The van der Waals surface area contributed by atoms with Crippen molar-refractivity contribution in [1.82, 2.24) is 30.2 Å². The number of imidazole rings is 1. The monoisotopic (exact) mass is 523 g/mol. The Kier molecular flexibility index (Phi) is 7.26. The summed E-state index contributed by atoms with van der Waals surface area (Å²) in [7, 11) is 0. The van der Waals surface area contributed by atoms with Crippen molar-refractivity contribution in [1.29, 1.82) is 0 Å². The van der Waals surface area contributed by atoms with Crippen LogP contribution in [0.4, 0.5) is 10.6 Å². The lowest BCUT2D eigenvalue weighted by molar-refractivity contribution is -0.153. The minimum Gasteiger partial charge on any atom is -0.480 e. The largest absolute Gasteiger partial charge is 0.480 e. The third kappa shape index (κ3) is 5.18. The number of benzene rings is 1. The zero-order valence-corrected chi connectivity index (χ0v) is 20.2. The molecule has 38 heavy (non-hydrogen) atoms. The van der Waals surface area contributed by atoms with Gasteiger partial charge >= 0.3 is 12.0 Å². The van der Waals surface area contributed by atoms with Gasteiger partial charge in [0.1, 0.15) is 25.1 Å². The van der Waals surface area contributed by atoms with Crippen molar-refractivity contribution < 1.29 is 33.7 Å².